The van der Waals surface area contributed by atoms with Crippen LogP contribution in [0, 0.1) is 16.6 Å². The zero-order valence-corrected chi connectivity index (χ0v) is 17.9. The van der Waals surface area contributed by atoms with E-state index in [-0.39, 0.29) is 11.9 Å². The maximum Gasteiger partial charge on any atom is 0.416 e. The molecule has 2 atom stereocenters. The maximum absolute atomic E-state index is 12.8. The first-order chi connectivity index (χ1) is 15.4. The van der Waals surface area contributed by atoms with Crippen molar-refractivity contribution in [2.45, 2.75) is 50.5 Å². The molecule has 1 aliphatic rings. The molecule has 33 heavy (non-hydrogen) atoms. The van der Waals surface area contributed by atoms with Crippen molar-refractivity contribution in [1.82, 2.24) is 5.32 Å². The lowest BCUT2D eigenvalue weighted by atomic mass is 9.78. The number of nitroso groups, excluding NO2 is 1. The lowest BCUT2D eigenvalue weighted by Crippen LogP contribution is -2.24. The zero-order chi connectivity index (χ0) is 24.6. The standard InChI is InChI=1S/C14H20FN.C9H5F6NO/c1-16-10-11-3-2-4-13(9-11)12-5-7-14(15)8-6-12;10-8(11,12)6-1-5(4-16-17)2-7(3-6)9(13,14)15/h5-8,11,13,16H,2-4,9-10H2,1H3;1-3H,4H2/t11-,13?;/m0./s1. The molecule has 0 heterocycles. The Kier molecular flexibility index (Phi) is 9.39. The quantitative estimate of drug-likeness (QED) is 0.362. The number of nitrogens with zero attached hydrogens (tertiary/aromatic N) is 1. The predicted molar refractivity (Wildman–Crippen MR) is 111 cm³/mol. The molecular formula is C23H25F7N2O. The second-order valence-electron chi connectivity index (χ2n) is 8.04. The summed E-state index contributed by atoms with van der Waals surface area (Å²) in [6.45, 7) is 0.366. The van der Waals surface area contributed by atoms with E-state index < -0.39 is 35.6 Å². The summed E-state index contributed by atoms with van der Waals surface area (Å²) in [6, 6.07) is 7.99. The van der Waals surface area contributed by atoms with Crippen molar-refractivity contribution in [3.05, 3.63) is 75.4 Å². The molecule has 0 amide bonds. The van der Waals surface area contributed by atoms with E-state index >= 15 is 0 Å². The third-order valence-corrected chi connectivity index (χ3v) is 5.51. The molecule has 182 valence electrons. The Morgan fingerprint density at radius 2 is 1.52 bits per heavy atom. The summed E-state index contributed by atoms with van der Waals surface area (Å²) in [5.41, 5.74) is -2.03. The van der Waals surface area contributed by atoms with Crippen LogP contribution in [0.1, 0.15) is 53.9 Å². The van der Waals surface area contributed by atoms with Crippen molar-refractivity contribution in [2.75, 3.05) is 13.6 Å². The molecule has 0 saturated heterocycles. The second kappa shape index (κ2) is 11.6. The van der Waals surface area contributed by atoms with Gasteiger partial charge in [0.1, 0.15) is 12.4 Å². The van der Waals surface area contributed by atoms with Crippen LogP contribution in [0.4, 0.5) is 30.7 Å². The first-order valence-electron chi connectivity index (χ1n) is 10.4. The Labute approximate surface area is 187 Å². The molecule has 1 fully saturated rings. The minimum atomic E-state index is -4.90. The van der Waals surface area contributed by atoms with Crippen LogP contribution in [0.3, 0.4) is 0 Å². The van der Waals surface area contributed by atoms with Crippen LogP contribution >= 0.6 is 0 Å². The number of rotatable bonds is 5. The first kappa shape index (κ1) is 26.8. The van der Waals surface area contributed by atoms with Gasteiger partial charge in [-0.15, -0.1) is 0 Å². The molecule has 3 rings (SSSR count). The van der Waals surface area contributed by atoms with Gasteiger partial charge in [0.25, 0.3) is 0 Å². The number of hydrogen-bond donors (Lipinski definition) is 1. The smallest absolute Gasteiger partial charge is 0.319 e. The van der Waals surface area contributed by atoms with Gasteiger partial charge in [-0.25, -0.2) is 4.39 Å². The third kappa shape index (κ3) is 8.42. The fraction of sp³-hybridized carbons (Fsp3) is 0.478. The van der Waals surface area contributed by atoms with E-state index in [9.17, 15) is 35.6 Å². The van der Waals surface area contributed by atoms with Gasteiger partial charge in [-0.2, -0.15) is 31.2 Å². The van der Waals surface area contributed by atoms with Crippen molar-refractivity contribution in [2.24, 2.45) is 11.1 Å². The van der Waals surface area contributed by atoms with Gasteiger partial charge in [0.05, 0.1) is 11.1 Å². The number of nitrogens with one attached hydrogen (secondary N) is 1. The van der Waals surface area contributed by atoms with Crippen molar-refractivity contribution in [3.63, 3.8) is 0 Å². The topological polar surface area (TPSA) is 41.5 Å². The van der Waals surface area contributed by atoms with Crippen molar-refractivity contribution < 1.29 is 30.7 Å². The number of hydrogen-bond acceptors (Lipinski definition) is 3. The van der Waals surface area contributed by atoms with Crippen LogP contribution in [-0.2, 0) is 18.9 Å². The summed E-state index contributed by atoms with van der Waals surface area (Å²) in [5.74, 6) is 1.29. The van der Waals surface area contributed by atoms with E-state index in [1.165, 1.54) is 31.2 Å². The van der Waals surface area contributed by atoms with E-state index in [0.717, 1.165) is 12.5 Å². The Hall–Kier alpha value is -2.49. The van der Waals surface area contributed by atoms with Gasteiger partial charge in [-0.3, -0.25) is 0 Å². The Bertz CT molecular complexity index is 861. The van der Waals surface area contributed by atoms with Gasteiger partial charge in [0.15, 0.2) is 0 Å². The normalized spacial score (nSPS) is 18.9. The van der Waals surface area contributed by atoms with Gasteiger partial charge in [-0.1, -0.05) is 23.7 Å². The van der Waals surface area contributed by atoms with Crippen LogP contribution in [0.25, 0.3) is 0 Å². The van der Waals surface area contributed by atoms with Gasteiger partial charge in [0.2, 0.25) is 0 Å². The van der Waals surface area contributed by atoms with Gasteiger partial charge in [0, 0.05) is 0 Å². The molecule has 1 saturated carbocycles. The zero-order valence-electron chi connectivity index (χ0n) is 17.9. The number of benzene rings is 2. The largest absolute Gasteiger partial charge is 0.416 e. The molecule has 2 aromatic carbocycles. The van der Waals surface area contributed by atoms with E-state index in [1.54, 1.807) is 12.1 Å². The molecule has 1 N–H and O–H groups in total. The summed E-state index contributed by atoms with van der Waals surface area (Å²) in [6.07, 6.45) is -4.68. The summed E-state index contributed by atoms with van der Waals surface area (Å²) in [4.78, 5) is 9.88. The highest BCUT2D eigenvalue weighted by molar-refractivity contribution is 5.33. The lowest BCUT2D eigenvalue weighted by Gasteiger charge is -2.29. The van der Waals surface area contributed by atoms with E-state index in [4.69, 9.17) is 0 Å². The van der Waals surface area contributed by atoms with E-state index in [1.807, 2.05) is 19.2 Å². The van der Waals surface area contributed by atoms with Crippen molar-refractivity contribution in [1.29, 1.82) is 0 Å². The summed E-state index contributed by atoms with van der Waals surface area (Å²) < 4.78 is 86.6. The predicted octanol–water partition coefficient (Wildman–Crippen LogP) is 7.31. The van der Waals surface area contributed by atoms with E-state index in [2.05, 4.69) is 10.5 Å². The van der Waals surface area contributed by atoms with Gasteiger partial charge in [-0.05, 0) is 86.1 Å². The van der Waals surface area contributed by atoms with E-state index in [0.29, 0.717) is 18.1 Å². The molecule has 0 spiro atoms. The second-order valence-corrected chi connectivity index (χ2v) is 8.04. The number of halogens is 7. The third-order valence-electron chi connectivity index (χ3n) is 5.51. The Balaban J connectivity index is 0.000000234. The lowest BCUT2D eigenvalue weighted by molar-refractivity contribution is -0.143. The minimum absolute atomic E-state index is 0.00565. The summed E-state index contributed by atoms with van der Waals surface area (Å²) in [7, 11) is 2.02. The molecule has 0 radical (unpaired) electrons. The fourth-order valence-corrected chi connectivity index (χ4v) is 3.99. The fourth-order valence-electron chi connectivity index (χ4n) is 3.99. The molecule has 10 heteroatoms. The number of alkyl halides is 6. The van der Waals surface area contributed by atoms with Gasteiger partial charge >= 0.3 is 12.4 Å². The monoisotopic (exact) mass is 478 g/mol. The SMILES string of the molecule is CNC[C@H]1CCCC(c2ccc(F)cc2)C1.O=NCc1cc(C(F)(F)F)cc(C(F)(F)F)c1. The minimum Gasteiger partial charge on any atom is -0.319 e. The summed E-state index contributed by atoms with van der Waals surface area (Å²) in [5, 5.41) is 5.53. The molecule has 2 aromatic rings. The van der Waals surface area contributed by atoms with Crippen LogP contribution in [-0.4, -0.2) is 13.6 Å². The summed E-state index contributed by atoms with van der Waals surface area (Å²) >= 11 is 0. The highest BCUT2D eigenvalue weighted by atomic mass is 19.4. The molecule has 1 aliphatic carbocycles. The highest BCUT2D eigenvalue weighted by Crippen LogP contribution is 2.37. The average Bonchev–Trinajstić information content (AvgIpc) is 2.74. The highest BCUT2D eigenvalue weighted by Gasteiger charge is 2.36. The molecule has 1 unspecified atom stereocenters. The molecule has 3 nitrogen and oxygen atoms in total. The Morgan fingerprint density at radius 3 is 2.00 bits per heavy atom. The van der Waals surface area contributed by atoms with Crippen LogP contribution in [0.2, 0.25) is 0 Å². The molecule has 0 aliphatic heterocycles. The van der Waals surface area contributed by atoms with Crippen LogP contribution in [0.15, 0.2) is 47.6 Å². The molecule has 0 aromatic heterocycles. The molecule has 0 bridgehead atoms. The van der Waals surface area contributed by atoms with Crippen LogP contribution < -0.4 is 5.32 Å². The molecular weight excluding hydrogens is 453 g/mol. The Morgan fingerprint density at radius 1 is 0.939 bits per heavy atom. The van der Waals surface area contributed by atoms with Gasteiger partial charge < -0.3 is 5.32 Å². The van der Waals surface area contributed by atoms with Crippen molar-refractivity contribution in [3.8, 4) is 0 Å². The van der Waals surface area contributed by atoms with Crippen molar-refractivity contribution >= 4 is 0 Å². The van der Waals surface area contributed by atoms with Crippen LogP contribution in [0.5, 0.6) is 0 Å². The maximum atomic E-state index is 12.8. The first-order valence-corrected chi connectivity index (χ1v) is 10.4. The average molecular weight is 478 g/mol.